The van der Waals surface area contributed by atoms with Crippen molar-refractivity contribution >= 4 is 11.6 Å². The predicted octanol–water partition coefficient (Wildman–Crippen LogP) is 4.55. The van der Waals surface area contributed by atoms with Crippen LogP contribution in [0.1, 0.15) is 74.6 Å². The van der Waals surface area contributed by atoms with E-state index < -0.39 is 0 Å². The monoisotopic (exact) mass is 395 g/mol. The van der Waals surface area contributed by atoms with Gasteiger partial charge in [0.15, 0.2) is 0 Å². The molecule has 3 saturated heterocycles. The number of likely N-dealkylation sites (tertiary alicyclic amines) is 2. The lowest BCUT2D eigenvalue weighted by Crippen LogP contribution is -2.50. The van der Waals surface area contributed by atoms with Gasteiger partial charge in [-0.15, -0.1) is 0 Å². The highest BCUT2D eigenvalue weighted by molar-refractivity contribution is 5.94. The summed E-state index contributed by atoms with van der Waals surface area (Å²) in [5.41, 5.74) is 2.75. The first-order valence-corrected chi connectivity index (χ1v) is 12.1. The van der Waals surface area contributed by atoms with Crippen molar-refractivity contribution in [2.24, 2.45) is 5.41 Å². The third-order valence-electron chi connectivity index (χ3n) is 8.40. The molecule has 0 N–H and O–H groups in total. The second-order valence-electron chi connectivity index (χ2n) is 10.0. The van der Waals surface area contributed by atoms with Crippen LogP contribution in [-0.4, -0.2) is 61.0 Å². The van der Waals surface area contributed by atoms with Crippen LogP contribution in [0, 0.1) is 5.41 Å². The number of rotatable bonds is 3. The molecule has 1 aromatic carbocycles. The Bertz CT molecular complexity index is 687. The second-order valence-corrected chi connectivity index (χ2v) is 10.0. The highest BCUT2D eigenvalue weighted by atomic mass is 16.2. The minimum Gasteiger partial charge on any atom is -0.371 e. The van der Waals surface area contributed by atoms with Crippen molar-refractivity contribution in [1.82, 2.24) is 9.80 Å². The molecule has 1 aliphatic carbocycles. The Balaban J connectivity index is 1.14. The van der Waals surface area contributed by atoms with Crippen molar-refractivity contribution in [3.63, 3.8) is 0 Å². The summed E-state index contributed by atoms with van der Waals surface area (Å²) in [7, 11) is 0. The number of hydrogen-bond acceptors (Lipinski definition) is 3. The van der Waals surface area contributed by atoms with Crippen LogP contribution in [0.3, 0.4) is 0 Å². The smallest absolute Gasteiger partial charge is 0.253 e. The molecule has 3 aliphatic heterocycles. The van der Waals surface area contributed by atoms with Crippen LogP contribution in [0.25, 0.3) is 0 Å². The van der Waals surface area contributed by atoms with Crippen molar-refractivity contribution < 1.29 is 4.79 Å². The third kappa shape index (κ3) is 4.05. The van der Waals surface area contributed by atoms with E-state index in [1.54, 1.807) is 0 Å². The van der Waals surface area contributed by atoms with Gasteiger partial charge in [0.1, 0.15) is 0 Å². The van der Waals surface area contributed by atoms with Crippen molar-refractivity contribution in [2.45, 2.75) is 70.3 Å². The van der Waals surface area contributed by atoms with E-state index >= 15 is 0 Å². The summed E-state index contributed by atoms with van der Waals surface area (Å²) in [6, 6.07) is 9.36. The molecule has 3 heterocycles. The van der Waals surface area contributed by atoms with Gasteiger partial charge < -0.3 is 14.7 Å². The van der Waals surface area contributed by atoms with Crippen molar-refractivity contribution in [2.75, 3.05) is 44.2 Å². The molecule has 0 aromatic heterocycles. The highest BCUT2D eigenvalue weighted by Gasteiger charge is 2.39. The first-order valence-electron chi connectivity index (χ1n) is 12.1. The molecular formula is C25H37N3O. The average Bonchev–Trinajstić information content (AvgIpc) is 2.75. The maximum absolute atomic E-state index is 12.7. The van der Waals surface area contributed by atoms with Gasteiger partial charge in [0, 0.05) is 43.5 Å². The van der Waals surface area contributed by atoms with E-state index in [0.29, 0.717) is 5.41 Å². The molecule has 158 valence electrons. The predicted molar refractivity (Wildman–Crippen MR) is 119 cm³/mol. The van der Waals surface area contributed by atoms with Crippen LogP contribution in [0.2, 0.25) is 0 Å². The summed E-state index contributed by atoms with van der Waals surface area (Å²) in [6.07, 6.45) is 13.4. The van der Waals surface area contributed by atoms with E-state index in [9.17, 15) is 4.79 Å². The first-order chi connectivity index (χ1) is 14.2. The number of carbonyl (C=O) groups is 1. The summed E-state index contributed by atoms with van der Waals surface area (Å²) < 4.78 is 0. The quantitative estimate of drug-likeness (QED) is 0.751. The van der Waals surface area contributed by atoms with E-state index in [0.717, 1.165) is 37.5 Å². The second kappa shape index (κ2) is 8.29. The zero-order valence-corrected chi connectivity index (χ0v) is 18.0. The molecule has 0 unspecified atom stereocenters. The molecule has 0 radical (unpaired) electrons. The van der Waals surface area contributed by atoms with Crippen molar-refractivity contribution in [1.29, 1.82) is 0 Å². The van der Waals surface area contributed by atoms with E-state index in [4.69, 9.17) is 0 Å². The minimum atomic E-state index is 0.215. The summed E-state index contributed by atoms with van der Waals surface area (Å²) in [6.45, 7) is 6.85. The molecule has 1 spiro atoms. The molecule has 5 rings (SSSR count). The van der Waals surface area contributed by atoms with Gasteiger partial charge in [-0.25, -0.2) is 0 Å². The number of carbonyl (C=O) groups excluding carboxylic acids is 1. The van der Waals surface area contributed by atoms with Gasteiger partial charge in [-0.3, -0.25) is 4.79 Å². The standard InChI is InChI=1S/C25H37N3O/c29-24(28-15-2-1-3-16-28)21-7-9-23(10-8-21)27-19-13-25(14-20-27)11-17-26(18-12-25)22-5-4-6-22/h7-10,22H,1-6,11-20H2. The zero-order chi connectivity index (χ0) is 19.7. The SMILES string of the molecule is O=C(c1ccc(N2CCC3(CC2)CCN(C2CCC2)CC3)cc1)N1CCCCC1. The zero-order valence-electron chi connectivity index (χ0n) is 18.0. The molecule has 1 aromatic rings. The molecule has 1 saturated carbocycles. The summed E-state index contributed by atoms with van der Waals surface area (Å²) >= 11 is 0. The number of hydrogen-bond donors (Lipinski definition) is 0. The molecule has 4 heteroatoms. The van der Waals surface area contributed by atoms with Gasteiger partial charge in [0.2, 0.25) is 0 Å². The van der Waals surface area contributed by atoms with Crippen molar-refractivity contribution in [3.8, 4) is 0 Å². The van der Waals surface area contributed by atoms with Crippen molar-refractivity contribution in [3.05, 3.63) is 29.8 Å². The van der Waals surface area contributed by atoms with Gasteiger partial charge in [-0.2, -0.15) is 0 Å². The molecule has 4 aliphatic rings. The van der Waals surface area contributed by atoms with Crippen LogP contribution in [0.4, 0.5) is 5.69 Å². The number of nitrogens with zero attached hydrogens (tertiary/aromatic N) is 3. The van der Waals surface area contributed by atoms with E-state index in [1.807, 2.05) is 17.0 Å². The Labute approximate surface area is 176 Å². The normalized spacial score (nSPS) is 25.8. The minimum absolute atomic E-state index is 0.215. The van der Waals surface area contributed by atoms with Crippen LogP contribution >= 0.6 is 0 Å². The Morgan fingerprint density at radius 3 is 1.97 bits per heavy atom. The van der Waals surface area contributed by atoms with Crippen LogP contribution in [-0.2, 0) is 0 Å². The van der Waals surface area contributed by atoms with Crippen LogP contribution in [0.5, 0.6) is 0 Å². The van der Waals surface area contributed by atoms with Gasteiger partial charge >= 0.3 is 0 Å². The summed E-state index contributed by atoms with van der Waals surface area (Å²) in [5, 5.41) is 0. The van der Waals surface area contributed by atoms with Gasteiger partial charge in [-0.1, -0.05) is 6.42 Å². The fourth-order valence-electron chi connectivity index (χ4n) is 5.95. The topological polar surface area (TPSA) is 26.8 Å². The lowest BCUT2D eigenvalue weighted by Gasteiger charge is -2.50. The molecule has 4 fully saturated rings. The van der Waals surface area contributed by atoms with E-state index in [-0.39, 0.29) is 5.91 Å². The van der Waals surface area contributed by atoms with Gasteiger partial charge in [0.25, 0.3) is 5.91 Å². The maximum atomic E-state index is 12.7. The molecular weight excluding hydrogens is 358 g/mol. The van der Waals surface area contributed by atoms with E-state index in [1.165, 1.54) is 83.2 Å². The fraction of sp³-hybridized carbons (Fsp3) is 0.720. The molecule has 0 bridgehead atoms. The maximum Gasteiger partial charge on any atom is 0.253 e. The molecule has 29 heavy (non-hydrogen) atoms. The number of anilines is 1. The van der Waals surface area contributed by atoms with Crippen LogP contribution < -0.4 is 4.90 Å². The Morgan fingerprint density at radius 1 is 0.759 bits per heavy atom. The molecule has 0 atom stereocenters. The summed E-state index contributed by atoms with van der Waals surface area (Å²) in [5.74, 6) is 0.215. The average molecular weight is 396 g/mol. The lowest BCUT2D eigenvalue weighted by molar-refractivity contribution is 0.0306. The Kier molecular flexibility index (Phi) is 5.55. The Hall–Kier alpha value is -1.55. The molecule has 1 amide bonds. The Morgan fingerprint density at radius 2 is 1.38 bits per heavy atom. The van der Waals surface area contributed by atoms with E-state index in [2.05, 4.69) is 21.9 Å². The van der Waals surface area contributed by atoms with Crippen LogP contribution in [0.15, 0.2) is 24.3 Å². The number of piperidine rings is 3. The lowest BCUT2D eigenvalue weighted by atomic mass is 9.70. The fourth-order valence-corrected chi connectivity index (χ4v) is 5.95. The highest BCUT2D eigenvalue weighted by Crippen LogP contribution is 2.43. The number of amides is 1. The first kappa shape index (κ1) is 19.4. The van der Waals surface area contributed by atoms with Gasteiger partial charge in [0.05, 0.1) is 0 Å². The summed E-state index contributed by atoms with van der Waals surface area (Å²) in [4.78, 5) is 20.0. The van der Waals surface area contributed by atoms with Gasteiger partial charge in [-0.05, 0) is 101 Å². The largest absolute Gasteiger partial charge is 0.371 e. The molecule has 4 nitrogen and oxygen atoms in total. The third-order valence-corrected chi connectivity index (χ3v) is 8.40. The number of benzene rings is 1.